The van der Waals surface area contributed by atoms with Crippen molar-refractivity contribution in [3.8, 4) is 0 Å². The predicted octanol–water partition coefficient (Wildman–Crippen LogP) is 3.38. The van der Waals surface area contributed by atoms with E-state index in [1.54, 1.807) is 30.3 Å². The molecule has 0 saturated heterocycles. The summed E-state index contributed by atoms with van der Waals surface area (Å²) < 4.78 is 5.43. The molecular weight excluding hydrogens is 264 g/mol. The van der Waals surface area contributed by atoms with Crippen molar-refractivity contribution in [3.05, 3.63) is 71.8 Å². The molecule has 0 aromatic heterocycles. The van der Waals surface area contributed by atoms with Gasteiger partial charge in [-0.15, -0.1) is 0 Å². The Morgan fingerprint density at radius 3 is 2.11 bits per heavy atom. The maximum absolute atomic E-state index is 11.4. The van der Waals surface area contributed by atoms with Gasteiger partial charge >= 0.3 is 5.97 Å². The first-order valence-electron chi connectivity index (χ1n) is 5.78. The summed E-state index contributed by atoms with van der Waals surface area (Å²) in [6.07, 6.45) is 0. The monoisotopic (exact) mass is 276 g/mol. The zero-order valence-electron chi connectivity index (χ0n) is 10.1. The van der Waals surface area contributed by atoms with E-state index in [9.17, 15) is 9.90 Å². The van der Waals surface area contributed by atoms with Crippen molar-refractivity contribution in [2.45, 2.75) is 11.7 Å². The van der Waals surface area contributed by atoms with Gasteiger partial charge in [-0.3, -0.25) is 0 Å². The number of hydrogen-bond acceptors (Lipinski definition) is 2. The molecule has 0 saturated carbocycles. The molecule has 1 N–H and O–H groups in total. The Morgan fingerprint density at radius 1 is 1.05 bits per heavy atom. The van der Waals surface area contributed by atoms with Crippen LogP contribution in [-0.2, 0) is 21.2 Å². The first kappa shape index (κ1) is 13.6. The summed E-state index contributed by atoms with van der Waals surface area (Å²) in [6.45, 7) is 0.130. The van der Waals surface area contributed by atoms with E-state index in [4.69, 9.17) is 16.3 Å². The molecule has 0 amide bonds. The summed E-state index contributed by atoms with van der Waals surface area (Å²) in [6, 6.07) is 17.8. The molecule has 3 nitrogen and oxygen atoms in total. The number of carbonyl (C=O) groups is 1. The third-order valence-electron chi connectivity index (χ3n) is 2.70. The van der Waals surface area contributed by atoms with Crippen LogP contribution in [0.1, 0.15) is 11.1 Å². The molecule has 4 heteroatoms. The van der Waals surface area contributed by atoms with Gasteiger partial charge in [0.15, 0.2) is 0 Å². The SMILES string of the molecule is O=C(O)[C@](Cl)(OCc1ccccc1)c1ccccc1. The van der Waals surface area contributed by atoms with Gasteiger partial charge in [0.2, 0.25) is 0 Å². The highest BCUT2D eigenvalue weighted by molar-refractivity contribution is 6.32. The smallest absolute Gasteiger partial charge is 0.356 e. The van der Waals surface area contributed by atoms with Crippen LogP contribution in [0.15, 0.2) is 60.7 Å². The number of aliphatic carboxylic acids is 1. The van der Waals surface area contributed by atoms with Gasteiger partial charge in [0.05, 0.1) is 6.61 Å². The fraction of sp³-hybridized carbons (Fsp3) is 0.133. The lowest BCUT2D eigenvalue weighted by Crippen LogP contribution is -2.32. The summed E-state index contributed by atoms with van der Waals surface area (Å²) in [7, 11) is 0. The van der Waals surface area contributed by atoms with E-state index >= 15 is 0 Å². The molecule has 2 aromatic rings. The Morgan fingerprint density at radius 2 is 1.58 bits per heavy atom. The highest BCUT2D eigenvalue weighted by atomic mass is 35.5. The minimum absolute atomic E-state index is 0.130. The molecule has 0 spiro atoms. The first-order chi connectivity index (χ1) is 9.13. The van der Waals surface area contributed by atoms with Crippen molar-refractivity contribution in [2.75, 3.05) is 0 Å². The number of hydrogen-bond donors (Lipinski definition) is 1. The Hall–Kier alpha value is -1.84. The second kappa shape index (κ2) is 5.87. The van der Waals surface area contributed by atoms with Crippen molar-refractivity contribution in [1.82, 2.24) is 0 Å². The van der Waals surface area contributed by atoms with Gasteiger partial charge in [0, 0.05) is 5.56 Å². The molecular formula is C15H13ClO3. The average Bonchev–Trinajstić information content (AvgIpc) is 2.46. The van der Waals surface area contributed by atoms with Crippen LogP contribution in [0, 0.1) is 0 Å². The molecule has 98 valence electrons. The summed E-state index contributed by atoms with van der Waals surface area (Å²) in [5.41, 5.74) is 1.27. The van der Waals surface area contributed by atoms with Crippen molar-refractivity contribution in [2.24, 2.45) is 0 Å². The second-order valence-electron chi connectivity index (χ2n) is 4.04. The van der Waals surface area contributed by atoms with E-state index in [-0.39, 0.29) is 6.61 Å². The molecule has 0 radical (unpaired) electrons. The van der Waals surface area contributed by atoms with Crippen LogP contribution in [0.4, 0.5) is 0 Å². The fourth-order valence-electron chi connectivity index (χ4n) is 1.68. The number of rotatable bonds is 5. The van der Waals surface area contributed by atoms with E-state index in [0.717, 1.165) is 5.56 Å². The summed E-state index contributed by atoms with van der Waals surface area (Å²) >= 11 is 6.13. The van der Waals surface area contributed by atoms with E-state index in [1.807, 2.05) is 30.3 Å². The van der Waals surface area contributed by atoms with Crippen LogP contribution in [0.5, 0.6) is 0 Å². The highest BCUT2D eigenvalue weighted by Crippen LogP contribution is 2.32. The number of alkyl halides is 1. The van der Waals surface area contributed by atoms with Gasteiger partial charge < -0.3 is 9.84 Å². The minimum atomic E-state index is -1.86. The molecule has 0 fully saturated rings. The van der Waals surface area contributed by atoms with Gasteiger partial charge in [-0.2, -0.15) is 0 Å². The largest absolute Gasteiger partial charge is 0.478 e. The molecule has 0 aliphatic heterocycles. The zero-order valence-corrected chi connectivity index (χ0v) is 10.9. The Labute approximate surface area is 116 Å². The van der Waals surface area contributed by atoms with E-state index < -0.39 is 11.0 Å². The Balaban J connectivity index is 2.19. The molecule has 2 aromatic carbocycles. The first-order valence-corrected chi connectivity index (χ1v) is 6.16. The number of benzene rings is 2. The third-order valence-corrected chi connectivity index (χ3v) is 3.19. The zero-order chi connectivity index (χ0) is 13.7. The molecule has 0 aliphatic carbocycles. The highest BCUT2D eigenvalue weighted by Gasteiger charge is 2.39. The maximum atomic E-state index is 11.4. The molecule has 0 heterocycles. The lowest BCUT2D eigenvalue weighted by atomic mass is 10.1. The van der Waals surface area contributed by atoms with E-state index in [0.29, 0.717) is 5.56 Å². The van der Waals surface area contributed by atoms with Crippen LogP contribution in [0.2, 0.25) is 0 Å². The quantitative estimate of drug-likeness (QED) is 0.852. The van der Waals surface area contributed by atoms with Crippen molar-refractivity contribution in [1.29, 1.82) is 0 Å². The third kappa shape index (κ3) is 3.13. The van der Waals surface area contributed by atoms with E-state index in [1.165, 1.54) is 0 Å². The average molecular weight is 277 g/mol. The summed E-state index contributed by atoms with van der Waals surface area (Å²) in [4.78, 5) is 11.4. The van der Waals surface area contributed by atoms with Gasteiger partial charge in [-0.1, -0.05) is 72.3 Å². The lowest BCUT2D eigenvalue weighted by Gasteiger charge is -2.23. The van der Waals surface area contributed by atoms with Crippen LogP contribution in [0.3, 0.4) is 0 Å². The fourth-order valence-corrected chi connectivity index (χ4v) is 1.86. The van der Waals surface area contributed by atoms with Crippen molar-refractivity contribution < 1.29 is 14.6 Å². The molecule has 2 rings (SSSR count). The summed E-state index contributed by atoms with van der Waals surface area (Å²) in [5, 5.41) is 7.44. The van der Waals surface area contributed by atoms with Gasteiger partial charge in [0.1, 0.15) is 0 Å². The minimum Gasteiger partial charge on any atom is -0.478 e. The van der Waals surface area contributed by atoms with Crippen LogP contribution < -0.4 is 0 Å². The molecule has 0 unspecified atom stereocenters. The van der Waals surface area contributed by atoms with Crippen LogP contribution in [0.25, 0.3) is 0 Å². The van der Waals surface area contributed by atoms with Gasteiger partial charge in [-0.25, -0.2) is 4.79 Å². The predicted molar refractivity (Wildman–Crippen MR) is 72.8 cm³/mol. The number of halogens is 1. The van der Waals surface area contributed by atoms with E-state index in [2.05, 4.69) is 0 Å². The van der Waals surface area contributed by atoms with Crippen LogP contribution in [-0.4, -0.2) is 11.1 Å². The lowest BCUT2D eigenvalue weighted by molar-refractivity contribution is -0.157. The van der Waals surface area contributed by atoms with Crippen molar-refractivity contribution in [3.63, 3.8) is 0 Å². The number of carboxylic acids is 1. The molecule has 0 aliphatic rings. The number of carboxylic acid groups (broad SMARTS) is 1. The normalized spacial score (nSPS) is 13.7. The van der Waals surface area contributed by atoms with Crippen molar-refractivity contribution >= 4 is 17.6 Å². The Kier molecular flexibility index (Phi) is 4.20. The topological polar surface area (TPSA) is 46.5 Å². The number of ether oxygens (including phenoxy) is 1. The standard InChI is InChI=1S/C15H13ClO3/c16-15(14(17)18,13-9-5-2-6-10-13)19-11-12-7-3-1-4-8-12/h1-10H,11H2,(H,17,18)/t15-/m1/s1. The second-order valence-corrected chi connectivity index (χ2v) is 4.57. The molecule has 19 heavy (non-hydrogen) atoms. The maximum Gasteiger partial charge on any atom is 0.356 e. The van der Waals surface area contributed by atoms with Gasteiger partial charge in [-0.05, 0) is 5.56 Å². The van der Waals surface area contributed by atoms with Gasteiger partial charge in [0.25, 0.3) is 5.06 Å². The summed E-state index contributed by atoms with van der Waals surface area (Å²) in [5.74, 6) is -1.23. The molecule has 1 atom stereocenters. The van der Waals surface area contributed by atoms with Crippen LogP contribution >= 0.6 is 11.6 Å². The Bertz CT molecular complexity index is 542. The molecule has 0 bridgehead atoms.